The molecule has 1 aromatic heterocycles. The van der Waals surface area contributed by atoms with Gasteiger partial charge in [0.05, 0.1) is 0 Å². The second-order valence-corrected chi connectivity index (χ2v) is 4.86. The van der Waals surface area contributed by atoms with E-state index in [0.29, 0.717) is 13.2 Å². The van der Waals surface area contributed by atoms with Gasteiger partial charge in [0.25, 0.3) is 0 Å². The minimum atomic E-state index is -4.49. The first-order valence-electron chi connectivity index (χ1n) is 6.34. The molecular formula is C12H17F3N4O. The number of halogens is 3. The van der Waals surface area contributed by atoms with Crippen molar-refractivity contribution in [2.75, 3.05) is 37.5 Å². The number of rotatable bonds is 3. The van der Waals surface area contributed by atoms with E-state index in [1.165, 1.54) is 4.90 Å². The number of hydrogen-bond donors (Lipinski definition) is 1. The highest BCUT2D eigenvalue weighted by molar-refractivity contribution is 5.44. The first-order chi connectivity index (χ1) is 9.36. The zero-order valence-electron chi connectivity index (χ0n) is 11.4. The van der Waals surface area contributed by atoms with Gasteiger partial charge in [0.2, 0.25) is 5.95 Å². The van der Waals surface area contributed by atoms with Crippen molar-refractivity contribution in [3.8, 4) is 0 Å². The summed E-state index contributed by atoms with van der Waals surface area (Å²) in [6.07, 6.45) is -3.02. The van der Waals surface area contributed by atoms with E-state index in [-0.39, 0.29) is 17.8 Å². The summed E-state index contributed by atoms with van der Waals surface area (Å²) >= 11 is 0. The minimum absolute atomic E-state index is 0.00965. The van der Waals surface area contributed by atoms with Crippen molar-refractivity contribution in [2.24, 2.45) is 0 Å². The third kappa shape index (κ3) is 3.72. The fourth-order valence-electron chi connectivity index (χ4n) is 1.90. The van der Waals surface area contributed by atoms with Crippen LogP contribution in [0.2, 0.25) is 0 Å². The summed E-state index contributed by atoms with van der Waals surface area (Å²) in [4.78, 5) is 9.19. The third-order valence-corrected chi connectivity index (χ3v) is 3.02. The van der Waals surface area contributed by atoms with Gasteiger partial charge >= 0.3 is 6.18 Å². The van der Waals surface area contributed by atoms with Crippen LogP contribution in [-0.4, -0.2) is 43.3 Å². The first kappa shape index (κ1) is 14.8. The molecule has 1 N–H and O–H groups in total. The van der Waals surface area contributed by atoms with E-state index in [2.05, 4.69) is 15.3 Å². The predicted octanol–water partition coefficient (Wildman–Crippen LogP) is 2.15. The van der Waals surface area contributed by atoms with E-state index >= 15 is 0 Å². The van der Waals surface area contributed by atoms with Crippen LogP contribution in [0.1, 0.15) is 18.5 Å². The van der Waals surface area contributed by atoms with Crippen LogP contribution >= 0.6 is 0 Å². The van der Waals surface area contributed by atoms with Crippen LogP contribution < -0.4 is 10.2 Å². The highest BCUT2D eigenvalue weighted by Crippen LogP contribution is 2.30. The lowest BCUT2D eigenvalue weighted by Gasteiger charge is -2.24. The Kier molecular flexibility index (Phi) is 4.32. The first-order valence-corrected chi connectivity index (χ1v) is 6.34. The number of anilines is 2. The molecule has 0 atom stereocenters. The molecular weight excluding hydrogens is 273 g/mol. The Morgan fingerprint density at radius 1 is 1.25 bits per heavy atom. The fraction of sp³-hybridized carbons (Fsp3) is 0.667. The zero-order valence-corrected chi connectivity index (χ0v) is 11.4. The van der Waals surface area contributed by atoms with Crippen molar-refractivity contribution >= 4 is 11.8 Å². The normalized spacial score (nSPS) is 17.1. The summed E-state index contributed by atoms with van der Waals surface area (Å²) < 4.78 is 43.7. The van der Waals surface area contributed by atoms with E-state index in [0.717, 1.165) is 18.9 Å². The van der Waals surface area contributed by atoms with Crippen molar-refractivity contribution in [3.05, 3.63) is 11.8 Å². The van der Waals surface area contributed by atoms with Crippen LogP contribution in [0.25, 0.3) is 0 Å². The number of ether oxygens (including phenoxy) is 1. The van der Waals surface area contributed by atoms with Crippen molar-refractivity contribution in [1.82, 2.24) is 9.97 Å². The van der Waals surface area contributed by atoms with Gasteiger partial charge in [0.1, 0.15) is 5.82 Å². The van der Waals surface area contributed by atoms with E-state index in [1.807, 2.05) is 0 Å². The summed E-state index contributed by atoms with van der Waals surface area (Å²) in [5.74, 6) is 0.234. The minimum Gasteiger partial charge on any atom is -0.381 e. The predicted molar refractivity (Wildman–Crippen MR) is 68.8 cm³/mol. The zero-order chi connectivity index (χ0) is 14.8. The van der Waals surface area contributed by atoms with Crippen molar-refractivity contribution in [2.45, 2.75) is 25.1 Å². The Labute approximate surface area is 115 Å². The van der Waals surface area contributed by atoms with E-state index < -0.39 is 11.9 Å². The van der Waals surface area contributed by atoms with Gasteiger partial charge in [-0.15, -0.1) is 0 Å². The highest BCUT2D eigenvalue weighted by Gasteiger charge is 2.34. The summed E-state index contributed by atoms with van der Waals surface area (Å²) in [5.41, 5.74) is -0.939. The quantitative estimate of drug-likeness (QED) is 0.924. The summed E-state index contributed by atoms with van der Waals surface area (Å²) in [6, 6.07) is 0.983. The average Bonchev–Trinajstić information content (AvgIpc) is 2.38. The molecule has 20 heavy (non-hydrogen) atoms. The standard InChI is InChI=1S/C12H17F3N4O/c1-19(2)10-7-9(12(13,14)15)17-11(18-10)16-8-3-5-20-6-4-8/h7-8H,3-6H2,1-2H3,(H,16,17,18). The van der Waals surface area contributed by atoms with Gasteiger partial charge in [-0.25, -0.2) is 4.98 Å². The molecule has 2 heterocycles. The van der Waals surface area contributed by atoms with Crippen LogP contribution in [0.15, 0.2) is 6.07 Å². The molecule has 2 rings (SSSR count). The van der Waals surface area contributed by atoms with Crippen LogP contribution in [-0.2, 0) is 10.9 Å². The molecule has 0 bridgehead atoms. The maximum atomic E-state index is 12.8. The maximum Gasteiger partial charge on any atom is 0.433 e. The lowest BCUT2D eigenvalue weighted by Crippen LogP contribution is -2.29. The number of aromatic nitrogens is 2. The second kappa shape index (κ2) is 5.82. The molecule has 1 aliphatic heterocycles. The highest BCUT2D eigenvalue weighted by atomic mass is 19.4. The van der Waals surface area contributed by atoms with Gasteiger partial charge in [0, 0.05) is 39.4 Å². The van der Waals surface area contributed by atoms with Crippen molar-refractivity contribution < 1.29 is 17.9 Å². The van der Waals surface area contributed by atoms with Gasteiger partial charge in [-0.1, -0.05) is 0 Å². The number of nitrogens with zero attached hydrogens (tertiary/aromatic N) is 3. The number of alkyl halides is 3. The van der Waals surface area contributed by atoms with Crippen LogP contribution in [0.3, 0.4) is 0 Å². The second-order valence-electron chi connectivity index (χ2n) is 4.86. The summed E-state index contributed by atoms with van der Waals surface area (Å²) in [6.45, 7) is 1.19. The summed E-state index contributed by atoms with van der Waals surface area (Å²) in [5, 5.41) is 2.96. The van der Waals surface area contributed by atoms with Gasteiger partial charge in [-0.05, 0) is 12.8 Å². The molecule has 112 valence electrons. The van der Waals surface area contributed by atoms with Crippen LogP contribution in [0, 0.1) is 0 Å². The molecule has 1 aromatic rings. The van der Waals surface area contributed by atoms with E-state index in [4.69, 9.17) is 4.74 Å². The van der Waals surface area contributed by atoms with Gasteiger partial charge in [-0.3, -0.25) is 0 Å². The van der Waals surface area contributed by atoms with Crippen molar-refractivity contribution in [3.63, 3.8) is 0 Å². The van der Waals surface area contributed by atoms with Gasteiger partial charge in [-0.2, -0.15) is 18.2 Å². The van der Waals surface area contributed by atoms with Gasteiger partial charge < -0.3 is 15.0 Å². The van der Waals surface area contributed by atoms with Crippen LogP contribution in [0.5, 0.6) is 0 Å². The lowest BCUT2D eigenvalue weighted by molar-refractivity contribution is -0.141. The Balaban J connectivity index is 2.24. The molecule has 0 aliphatic carbocycles. The molecule has 0 radical (unpaired) electrons. The van der Waals surface area contributed by atoms with E-state index in [1.54, 1.807) is 14.1 Å². The Morgan fingerprint density at radius 3 is 2.45 bits per heavy atom. The van der Waals surface area contributed by atoms with Gasteiger partial charge in [0.15, 0.2) is 5.69 Å². The molecule has 0 unspecified atom stereocenters. The summed E-state index contributed by atoms with van der Waals surface area (Å²) in [7, 11) is 3.28. The molecule has 0 spiro atoms. The topological polar surface area (TPSA) is 50.3 Å². The third-order valence-electron chi connectivity index (χ3n) is 3.02. The fourth-order valence-corrected chi connectivity index (χ4v) is 1.90. The smallest absolute Gasteiger partial charge is 0.381 e. The average molecular weight is 290 g/mol. The monoisotopic (exact) mass is 290 g/mol. The molecule has 5 nitrogen and oxygen atoms in total. The molecule has 0 saturated carbocycles. The molecule has 8 heteroatoms. The number of nitrogens with one attached hydrogen (secondary N) is 1. The Bertz CT molecular complexity index is 459. The molecule has 0 amide bonds. The lowest BCUT2D eigenvalue weighted by atomic mass is 10.1. The number of hydrogen-bond acceptors (Lipinski definition) is 5. The molecule has 1 fully saturated rings. The molecule has 1 saturated heterocycles. The SMILES string of the molecule is CN(C)c1cc(C(F)(F)F)nc(NC2CCOCC2)n1. The maximum absolute atomic E-state index is 12.8. The van der Waals surface area contributed by atoms with Crippen LogP contribution in [0.4, 0.5) is 24.9 Å². The largest absolute Gasteiger partial charge is 0.433 e. The Morgan fingerprint density at radius 2 is 1.90 bits per heavy atom. The Hall–Kier alpha value is -1.57. The molecule has 1 aliphatic rings. The van der Waals surface area contributed by atoms with Crippen molar-refractivity contribution in [1.29, 1.82) is 0 Å². The van der Waals surface area contributed by atoms with E-state index in [9.17, 15) is 13.2 Å². The molecule has 0 aromatic carbocycles.